The van der Waals surface area contributed by atoms with Gasteiger partial charge in [-0.1, -0.05) is 30.3 Å². The molecule has 1 unspecified atom stereocenters. The molecule has 7 rings (SSSR count). The summed E-state index contributed by atoms with van der Waals surface area (Å²) >= 11 is 0. The van der Waals surface area contributed by atoms with E-state index in [1.807, 2.05) is 43.4 Å². The van der Waals surface area contributed by atoms with Gasteiger partial charge in [0.15, 0.2) is 0 Å². The van der Waals surface area contributed by atoms with Gasteiger partial charge < -0.3 is 15.6 Å². The average molecular weight is 429 g/mol. The zero-order chi connectivity index (χ0) is 21.7. The molecule has 166 valence electrons. The van der Waals surface area contributed by atoms with Gasteiger partial charge in [0.1, 0.15) is 5.82 Å². The molecule has 32 heavy (non-hydrogen) atoms. The van der Waals surface area contributed by atoms with Gasteiger partial charge in [-0.2, -0.15) is 0 Å². The highest BCUT2D eigenvalue weighted by atomic mass is 16.1. The number of benzene rings is 2. The lowest BCUT2D eigenvalue weighted by molar-refractivity contribution is -0.121. The van der Waals surface area contributed by atoms with Crippen LogP contribution in [-0.4, -0.2) is 22.9 Å². The van der Waals surface area contributed by atoms with Crippen LogP contribution in [0.5, 0.6) is 0 Å². The van der Waals surface area contributed by atoms with E-state index in [0.29, 0.717) is 12.3 Å². The summed E-state index contributed by atoms with van der Waals surface area (Å²) in [6, 6.07) is 16.3. The minimum atomic E-state index is -0.00133. The number of carbonyl (C=O) groups excluding carboxylic acids is 1. The molecular weight excluding hydrogens is 396 g/mol. The van der Waals surface area contributed by atoms with Crippen LogP contribution in [0, 0.1) is 29.6 Å². The molecule has 2 aromatic carbocycles. The van der Waals surface area contributed by atoms with Crippen LogP contribution in [0.4, 0.5) is 5.69 Å². The van der Waals surface area contributed by atoms with Gasteiger partial charge >= 0.3 is 0 Å². The van der Waals surface area contributed by atoms with Crippen LogP contribution in [0.2, 0.25) is 0 Å². The van der Waals surface area contributed by atoms with Gasteiger partial charge in [-0.25, -0.2) is 4.98 Å². The highest BCUT2D eigenvalue weighted by molar-refractivity contribution is 5.93. The van der Waals surface area contributed by atoms with Crippen LogP contribution in [0.3, 0.4) is 0 Å². The molecule has 0 spiro atoms. The van der Waals surface area contributed by atoms with Gasteiger partial charge in [0.05, 0.1) is 17.1 Å². The number of amides is 1. The van der Waals surface area contributed by atoms with E-state index in [1.54, 1.807) is 0 Å². The van der Waals surface area contributed by atoms with Crippen molar-refractivity contribution < 1.29 is 4.79 Å². The summed E-state index contributed by atoms with van der Waals surface area (Å²) in [5, 5.41) is 6.52. The Kier molecular flexibility index (Phi) is 5.02. The fourth-order valence-corrected chi connectivity index (χ4v) is 7.14. The van der Waals surface area contributed by atoms with Gasteiger partial charge in [0.25, 0.3) is 0 Å². The molecule has 5 heteroatoms. The lowest BCUT2D eigenvalue weighted by Gasteiger charge is -2.54. The third-order valence-electron chi connectivity index (χ3n) is 8.32. The molecule has 0 saturated heterocycles. The number of rotatable bonds is 6. The normalized spacial score (nSPS) is 29.3. The second-order valence-corrected chi connectivity index (χ2v) is 10.3. The lowest BCUT2D eigenvalue weighted by atomic mass is 9.51. The van der Waals surface area contributed by atoms with Crippen molar-refractivity contribution in [2.45, 2.75) is 44.6 Å². The number of aromatic nitrogens is 2. The van der Waals surface area contributed by atoms with E-state index in [4.69, 9.17) is 4.98 Å². The SMILES string of the molecule is CNC(c1ccccc1)c1nc2cc(NC(=O)CC3C4CC5CC(C4)CC3C5)ccc2[nH]1. The van der Waals surface area contributed by atoms with E-state index in [9.17, 15) is 4.79 Å². The molecule has 4 aliphatic carbocycles. The van der Waals surface area contributed by atoms with Crippen LogP contribution in [0.15, 0.2) is 48.5 Å². The smallest absolute Gasteiger partial charge is 0.224 e. The van der Waals surface area contributed by atoms with Crippen LogP contribution in [0.25, 0.3) is 11.0 Å². The van der Waals surface area contributed by atoms with E-state index >= 15 is 0 Å². The molecule has 5 nitrogen and oxygen atoms in total. The summed E-state index contributed by atoms with van der Waals surface area (Å²) in [6.45, 7) is 0. The van der Waals surface area contributed by atoms with Crippen molar-refractivity contribution in [3.8, 4) is 0 Å². The molecule has 4 fully saturated rings. The van der Waals surface area contributed by atoms with E-state index in [-0.39, 0.29) is 11.9 Å². The summed E-state index contributed by atoms with van der Waals surface area (Å²) in [4.78, 5) is 21.2. The van der Waals surface area contributed by atoms with Gasteiger partial charge in [-0.15, -0.1) is 0 Å². The van der Waals surface area contributed by atoms with Gasteiger partial charge in [-0.05, 0) is 92.5 Å². The Morgan fingerprint density at radius 3 is 2.44 bits per heavy atom. The Bertz CT molecular complexity index is 1090. The zero-order valence-corrected chi connectivity index (χ0v) is 18.7. The van der Waals surface area contributed by atoms with Crippen LogP contribution in [0.1, 0.15) is 56.0 Å². The van der Waals surface area contributed by atoms with Crippen molar-refractivity contribution in [1.82, 2.24) is 15.3 Å². The van der Waals surface area contributed by atoms with Gasteiger partial charge in [0.2, 0.25) is 5.91 Å². The quantitative estimate of drug-likeness (QED) is 0.501. The average Bonchev–Trinajstić information content (AvgIpc) is 3.20. The van der Waals surface area contributed by atoms with E-state index in [1.165, 1.54) is 37.7 Å². The molecule has 0 aliphatic heterocycles. The molecule has 1 atom stereocenters. The maximum atomic E-state index is 12.9. The molecule has 1 amide bonds. The Balaban J connectivity index is 1.16. The van der Waals surface area contributed by atoms with Crippen LogP contribution < -0.4 is 10.6 Å². The molecule has 1 heterocycles. The van der Waals surface area contributed by atoms with Crippen molar-refractivity contribution in [1.29, 1.82) is 0 Å². The summed E-state index contributed by atoms with van der Waals surface area (Å²) in [7, 11) is 1.95. The van der Waals surface area contributed by atoms with E-state index in [0.717, 1.165) is 46.2 Å². The van der Waals surface area contributed by atoms with Crippen molar-refractivity contribution in [3.05, 3.63) is 59.9 Å². The number of aromatic amines is 1. The number of anilines is 1. The maximum Gasteiger partial charge on any atom is 0.224 e. The zero-order valence-electron chi connectivity index (χ0n) is 18.7. The van der Waals surface area contributed by atoms with E-state index < -0.39 is 0 Å². The summed E-state index contributed by atoms with van der Waals surface area (Å²) < 4.78 is 0. The summed E-state index contributed by atoms with van der Waals surface area (Å²) in [5.41, 5.74) is 3.86. The maximum absolute atomic E-state index is 12.9. The lowest BCUT2D eigenvalue weighted by Crippen LogP contribution is -2.46. The fourth-order valence-electron chi connectivity index (χ4n) is 7.14. The number of carbonyl (C=O) groups is 1. The Morgan fingerprint density at radius 2 is 1.75 bits per heavy atom. The Hall–Kier alpha value is -2.66. The number of fused-ring (bicyclic) bond motifs is 1. The van der Waals surface area contributed by atoms with Crippen molar-refractivity contribution in [2.75, 3.05) is 12.4 Å². The van der Waals surface area contributed by atoms with E-state index in [2.05, 4.69) is 27.8 Å². The molecular formula is C27H32N4O. The van der Waals surface area contributed by atoms with Crippen molar-refractivity contribution >= 4 is 22.6 Å². The highest BCUT2D eigenvalue weighted by Gasteiger charge is 2.48. The predicted molar refractivity (Wildman–Crippen MR) is 127 cm³/mol. The predicted octanol–water partition coefficient (Wildman–Crippen LogP) is 5.27. The van der Waals surface area contributed by atoms with Gasteiger partial charge in [0, 0.05) is 12.1 Å². The molecule has 0 radical (unpaired) electrons. The number of imidazole rings is 1. The number of H-pyrrole nitrogens is 1. The summed E-state index contributed by atoms with van der Waals surface area (Å²) in [6.07, 6.45) is 7.58. The second kappa shape index (κ2) is 8.04. The third-order valence-corrected chi connectivity index (χ3v) is 8.32. The molecule has 4 aliphatic rings. The second-order valence-electron chi connectivity index (χ2n) is 10.3. The van der Waals surface area contributed by atoms with Crippen LogP contribution in [-0.2, 0) is 4.79 Å². The molecule has 1 aromatic heterocycles. The van der Waals surface area contributed by atoms with Crippen molar-refractivity contribution in [2.24, 2.45) is 29.6 Å². The third kappa shape index (κ3) is 3.62. The standard InChI is InChI=1S/C27H32N4O/c1-28-26(18-5-3-2-4-6-18)27-30-23-8-7-21(14-24(23)31-27)29-25(32)15-22-19-10-16-9-17(12-19)13-20(22)11-16/h2-8,14,16-17,19-20,22,26,28H,9-13,15H2,1H3,(H,29,32)(H,30,31). The number of nitrogens with one attached hydrogen (secondary N) is 3. The molecule has 4 saturated carbocycles. The topological polar surface area (TPSA) is 69.8 Å². The molecule has 3 N–H and O–H groups in total. The Labute approximate surface area is 189 Å². The summed E-state index contributed by atoms with van der Waals surface area (Å²) in [5.74, 6) is 5.09. The van der Waals surface area contributed by atoms with Crippen molar-refractivity contribution in [3.63, 3.8) is 0 Å². The first kappa shape index (κ1) is 20.0. The highest BCUT2D eigenvalue weighted by Crippen LogP contribution is 2.57. The molecule has 4 bridgehead atoms. The largest absolute Gasteiger partial charge is 0.340 e. The number of nitrogens with zero attached hydrogens (tertiary/aromatic N) is 1. The van der Waals surface area contributed by atoms with Crippen LogP contribution >= 0.6 is 0 Å². The number of hydrogen-bond donors (Lipinski definition) is 3. The first-order chi connectivity index (χ1) is 15.7. The molecule has 3 aromatic rings. The minimum Gasteiger partial charge on any atom is -0.340 e. The first-order valence-electron chi connectivity index (χ1n) is 12.2. The minimum absolute atomic E-state index is 0.00133. The fraction of sp³-hybridized carbons (Fsp3) is 0.481. The first-order valence-corrected chi connectivity index (χ1v) is 12.2. The van der Waals surface area contributed by atoms with Gasteiger partial charge in [-0.3, -0.25) is 4.79 Å². The Morgan fingerprint density at radius 1 is 1.03 bits per heavy atom. The number of hydrogen-bond acceptors (Lipinski definition) is 3. The monoisotopic (exact) mass is 428 g/mol.